The lowest BCUT2D eigenvalue weighted by Gasteiger charge is -2.08. The van der Waals surface area contributed by atoms with Gasteiger partial charge in [0.05, 0.1) is 23.8 Å². The third-order valence-corrected chi connectivity index (χ3v) is 4.38. The Labute approximate surface area is 149 Å². The average Bonchev–Trinajstić information content (AvgIpc) is 3.04. The number of aromatic nitrogens is 3. The SMILES string of the molecule is COc1nc2ccccc2nc1CCC(=O)NCCc1csc(N)n1. The van der Waals surface area contributed by atoms with Crippen molar-refractivity contribution in [3.05, 3.63) is 41.0 Å². The highest BCUT2D eigenvalue weighted by molar-refractivity contribution is 7.13. The van der Waals surface area contributed by atoms with E-state index >= 15 is 0 Å². The molecule has 0 radical (unpaired) electrons. The Kier molecular flexibility index (Phi) is 5.39. The van der Waals surface area contributed by atoms with Gasteiger partial charge < -0.3 is 15.8 Å². The molecule has 0 bridgehead atoms. The number of nitrogens with two attached hydrogens (primary N) is 1. The van der Waals surface area contributed by atoms with E-state index in [9.17, 15) is 4.79 Å². The molecule has 0 aliphatic heterocycles. The van der Waals surface area contributed by atoms with Crippen LogP contribution in [0.15, 0.2) is 29.6 Å². The highest BCUT2D eigenvalue weighted by Crippen LogP contribution is 2.19. The second-order valence-corrected chi connectivity index (χ2v) is 6.34. The molecule has 3 N–H and O–H groups in total. The van der Waals surface area contributed by atoms with E-state index in [1.807, 2.05) is 29.6 Å². The van der Waals surface area contributed by atoms with Crippen LogP contribution < -0.4 is 15.8 Å². The van der Waals surface area contributed by atoms with Gasteiger partial charge in [0.25, 0.3) is 0 Å². The highest BCUT2D eigenvalue weighted by Gasteiger charge is 2.11. The number of nitrogen functional groups attached to an aromatic ring is 1. The Morgan fingerprint density at radius 3 is 2.64 bits per heavy atom. The van der Waals surface area contributed by atoms with Crippen LogP contribution in [0.2, 0.25) is 0 Å². The van der Waals surface area contributed by atoms with Crippen LogP contribution in [-0.2, 0) is 17.6 Å². The Morgan fingerprint density at radius 2 is 1.96 bits per heavy atom. The summed E-state index contributed by atoms with van der Waals surface area (Å²) in [7, 11) is 1.56. The number of para-hydroxylation sites is 2. The van der Waals surface area contributed by atoms with E-state index in [-0.39, 0.29) is 5.91 Å². The number of carbonyl (C=O) groups excluding carboxylic acids is 1. The van der Waals surface area contributed by atoms with Gasteiger partial charge in [0.15, 0.2) is 5.13 Å². The van der Waals surface area contributed by atoms with Gasteiger partial charge in [0.2, 0.25) is 11.8 Å². The third-order valence-electron chi connectivity index (χ3n) is 3.66. The number of nitrogens with one attached hydrogen (secondary N) is 1. The second-order valence-electron chi connectivity index (χ2n) is 5.45. The first-order valence-corrected chi connectivity index (χ1v) is 8.80. The monoisotopic (exact) mass is 357 g/mol. The quantitative estimate of drug-likeness (QED) is 0.670. The van der Waals surface area contributed by atoms with Crippen molar-refractivity contribution in [2.45, 2.75) is 19.3 Å². The van der Waals surface area contributed by atoms with Crippen molar-refractivity contribution in [3.63, 3.8) is 0 Å². The molecule has 3 rings (SSSR count). The second kappa shape index (κ2) is 7.89. The lowest BCUT2D eigenvalue weighted by Crippen LogP contribution is -2.26. The predicted molar refractivity (Wildman–Crippen MR) is 97.7 cm³/mol. The maximum absolute atomic E-state index is 12.0. The van der Waals surface area contributed by atoms with Crippen LogP contribution in [0, 0.1) is 0 Å². The summed E-state index contributed by atoms with van der Waals surface area (Å²) in [5.74, 6) is 0.421. The Hall–Kier alpha value is -2.74. The summed E-state index contributed by atoms with van der Waals surface area (Å²) < 4.78 is 5.30. The average molecular weight is 357 g/mol. The van der Waals surface area contributed by atoms with Crippen molar-refractivity contribution >= 4 is 33.4 Å². The zero-order valence-corrected chi connectivity index (χ0v) is 14.7. The van der Waals surface area contributed by atoms with Crippen LogP contribution in [0.1, 0.15) is 17.8 Å². The van der Waals surface area contributed by atoms with Gasteiger partial charge in [-0.25, -0.2) is 15.0 Å². The number of nitrogens with zero attached hydrogens (tertiary/aromatic N) is 3. The molecule has 2 aromatic heterocycles. The van der Waals surface area contributed by atoms with Crippen molar-refractivity contribution < 1.29 is 9.53 Å². The number of aryl methyl sites for hydroxylation is 1. The van der Waals surface area contributed by atoms with Crippen LogP contribution >= 0.6 is 11.3 Å². The van der Waals surface area contributed by atoms with Crippen LogP contribution in [0.4, 0.5) is 5.13 Å². The van der Waals surface area contributed by atoms with E-state index in [0.717, 1.165) is 16.7 Å². The van der Waals surface area contributed by atoms with Crippen LogP contribution in [-0.4, -0.2) is 34.5 Å². The number of thiazole rings is 1. The molecule has 8 heteroatoms. The Balaban J connectivity index is 1.55. The van der Waals surface area contributed by atoms with Crippen molar-refractivity contribution in [1.82, 2.24) is 20.3 Å². The van der Waals surface area contributed by atoms with Gasteiger partial charge in [-0.15, -0.1) is 11.3 Å². The van der Waals surface area contributed by atoms with E-state index in [2.05, 4.69) is 20.3 Å². The molecule has 0 spiro atoms. The van der Waals surface area contributed by atoms with Crippen molar-refractivity contribution in [3.8, 4) is 5.88 Å². The number of anilines is 1. The number of amides is 1. The first-order valence-electron chi connectivity index (χ1n) is 7.92. The number of hydrogen-bond acceptors (Lipinski definition) is 7. The van der Waals surface area contributed by atoms with E-state index in [0.29, 0.717) is 42.5 Å². The summed E-state index contributed by atoms with van der Waals surface area (Å²) in [6.07, 6.45) is 1.46. The number of carbonyl (C=O) groups is 1. The summed E-state index contributed by atoms with van der Waals surface area (Å²) in [6, 6.07) is 7.59. The molecular formula is C17H19N5O2S. The van der Waals surface area contributed by atoms with E-state index in [1.165, 1.54) is 11.3 Å². The molecule has 0 aliphatic carbocycles. The number of methoxy groups -OCH3 is 1. The summed E-state index contributed by atoms with van der Waals surface area (Å²) in [6.45, 7) is 0.530. The lowest BCUT2D eigenvalue weighted by atomic mass is 10.2. The molecule has 0 saturated carbocycles. The summed E-state index contributed by atoms with van der Waals surface area (Å²) >= 11 is 1.40. The van der Waals surface area contributed by atoms with Crippen molar-refractivity contribution in [2.24, 2.45) is 0 Å². The first kappa shape index (κ1) is 17.1. The molecule has 130 valence electrons. The molecule has 3 aromatic rings. The predicted octanol–water partition coefficient (Wildman–Crippen LogP) is 1.97. The van der Waals surface area contributed by atoms with Crippen LogP contribution in [0.5, 0.6) is 5.88 Å². The van der Waals surface area contributed by atoms with Gasteiger partial charge in [-0.2, -0.15) is 0 Å². The largest absolute Gasteiger partial charge is 0.480 e. The minimum Gasteiger partial charge on any atom is -0.480 e. The van der Waals surface area contributed by atoms with Gasteiger partial charge in [0, 0.05) is 31.2 Å². The van der Waals surface area contributed by atoms with Gasteiger partial charge in [-0.05, 0) is 12.1 Å². The van der Waals surface area contributed by atoms with Crippen molar-refractivity contribution in [2.75, 3.05) is 19.4 Å². The smallest absolute Gasteiger partial charge is 0.235 e. The molecule has 0 saturated heterocycles. The maximum atomic E-state index is 12.0. The lowest BCUT2D eigenvalue weighted by molar-refractivity contribution is -0.121. The fourth-order valence-electron chi connectivity index (χ4n) is 2.43. The van der Waals surface area contributed by atoms with Gasteiger partial charge in [0.1, 0.15) is 5.69 Å². The molecule has 1 amide bonds. The molecule has 1 aromatic carbocycles. The minimum atomic E-state index is -0.0415. The fraction of sp³-hybridized carbons (Fsp3) is 0.294. The van der Waals surface area contributed by atoms with Gasteiger partial charge in [-0.3, -0.25) is 4.79 Å². The topological polar surface area (TPSA) is 103 Å². The van der Waals surface area contributed by atoms with Crippen LogP contribution in [0.25, 0.3) is 11.0 Å². The molecule has 0 atom stereocenters. The molecule has 2 heterocycles. The van der Waals surface area contributed by atoms with E-state index < -0.39 is 0 Å². The number of hydrogen-bond donors (Lipinski definition) is 2. The zero-order valence-electron chi connectivity index (χ0n) is 13.9. The normalized spacial score (nSPS) is 10.8. The standard InChI is InChI=1S/C17H19N5O2S/c1-24-16-14(21-12-4-2-3-5-13(12)22-16)6-7-15(23)19-9-8-11-10-25-17(18)20-11/h2-5,10H,6-9H2,1H3,(H2,18,20)(H,19,23). The molecule has 0 fully saturated rings. The maximum Gasteiger partial charge on any atom is 0.235 e. The van der Waals surface area contributed by atoms with Crippen molar-refractivity contribution in [1.29, 1.82) is 0 Å². The Morgan fingerprint density at radius 1 is 1.20 bits per heavy atom. The molecule has 7 nitrogen and oxygen atoms in total. The molecule has 25 heavy (non-hydrogen) atoms. The molecular weight excluding hydrogens is 338 g/mol. The number of benzene rings is 1. The third kappa shape index (κ3) is 4.42. The fourth-order valence-corrected chi connectivity index (χ4v) is 3.03. The van der Waals surface area contributed by atoms with Crippen LogP contribution in [0.3, 0.4) is 0 Å². The molecule has 0 aliphatic rings. The summed E-state index contributed by atoms with van der Waals surface area (Å²) in [4.78, 5) is 25.2. The van der Waals surface area contributed by atoms with E-state index in [4.69, 9.17) is 10.5 Å². The van der Waals surface area contributed by atoms with E-state index in [1.54, 1.807) is 7.11 Å². The Bertz CT molecular complexity index is 880. The highest BCUT2D eigenvalue weighted by atomic mass is 32.1. The van der Waals surface area contributed by atoms with Gasteiger partial charge >= 0.3 is 0 Å². The first-order chi connectivity index (χ1) is 12.2. The molecule has 0 unspecified atom stereocenters. The summed E-state index contributed by atoms with van der Waals surface area (Å²) in [5.41, 5.74) is 8.73. The number of rotatable bonds is 7. The minimum absolute atomic E-state index is 0.0415. The zero-order chi connectivity index (χ0) is 17.6. The van der Waals surface area contributed by atoms with Gasteiger partial charge in [-0.1, -0.05) is 12.1 Å². The number of ether oxygens (including phenoxy) is 1. The summed E-state index contributed by atoms with van der Waals surface area (Å²) in [5, 5.41) is 5.33. The number of fused-ring (bicyclic) bond motifs is 1.